The number of methoxy groups -OCH3 is 1. The molecule has 2 fully saturated rings. The molecule has 128 valence electrons. The van der Waals surface area contributed by atoms with Crippen LogP contribution in [0.4, 0.5) is 0 Å². The van der Waals surface area contributed by atoms with Crippen molar-refractivity contribution < 1.29 is 14.6 Å². The van der Waals surface area contributed by atoms with Crippen molar-refractivity contribution in [1.29, 1.82) is 0 Å². The second kappa shape index (κ2) is 7.45. The van der Waals surface area contributed by atoms with E-state index in [4.69, 9.17) is 17.0 Å². The van der Waals surface area contributed by atoms with Crippen LogP contribution in [-0.4, -0.2) is 33.4 Å². The Morgan fingerprint density at radius 3 is 2.75 bits per heavy atom. The molecule has 3 rings (SSSR count). The van der Waals surface area contributed by atoms with Gasteiger partial charge in [-0.3, -0.25) is 9.69 Å². The zero-order valence-electron chi connectivity index (χ0n) is 13.3. The van der Waals surface area contributed by atoms with Gasteiger partial charge in [0.15, 0.2) is 11.5 Å². The highest BCUT2D eigenvalue weighted by atomic mass is 79.9. The summed E-state index contributed by atoms with van der Waals surface area (Å²) in [6.45, 7) is 0. The molecule has 2 aliphatic rings. The minimum absolute atomic E-state index is 0.0177. The molecule has 0 bridgehead atoms. The van der Waals surface area contributed by atoms with Gasteiger partial charge in [-0.05, 0) is 36.6 Å². The van der Waals surface area contributed by atoms with E-state index in [9.17, 15) is 9.90 Å². The second-order valence-corrected chi connectivity index (χ2v) is 8.42. The molecule has 1 aromatic carbocycles. The minimum Gasteiger partial charge on any atom is -0.504 e. The molecule has 0 spiro atoms. The number of phenolic OH excluding ortho intramolecular Hbond substituents is 1. The van der Waals surface area contributed by atoms with Crippen molar-refractivity contribution >= 4 is 56.2 Å². The van der Waals surface area contributed by atoms with Crippen LogP contribution in [0.1, 0.15) is 37.7 Å². The van der Waals surface area contributed by atoms with Gasteiger partial charge in [0.05, 0.1) is 12.0 Å². The van der Waals surface area contributed by atoms with Gasteiger partial charge in [0.1, 0.15) is 4.32 Å². The summed E-state index contributed by atoms with van der Waals surface area (Å²) in [6, 6.07) is 3.49. The van der Waals surface area contributed by atoms with E-state index in [1.165, 1.54) is 25.3 Å². The highest BCUT2D eigenvalue weighted by molar-refractivity contribution is 9.10. The first kappa shape index (κ1) is 17.8. The summed E-state index contributed by atoms with van der Waals surface area (Å²) in [7, 11) is 1.50. The number of nitrogens with zero attached hydrogens (tertiary/aromatic N) is 1. The van der Waals surface area contributed by atoms with Gasteiger partial charge in [-0.1, -0.05) is 59.2 Å². The van der Waals surface area contributed by atoms with E-state index < -0.39 is 0 Å². The smallest absolute Gasteiger partial charge is 0.266 e. The molecular formula is C17H18BrNO3S2. The zero-order valence-corrected chi connectivity index (χ0v) is 16.5. The summed E-state index contributed by atoms with van der Waals surface area (Å²) in [5, 5.41) is 9.81. The fourth-order valence-electron chi connectivity index (χ4n) is 3.11. The molecule has 1 heterocycles. The van der Waals surface area contributed by atoms with E-state index in [2.05, 4.69) is 15.9 Å². The Morgan fingerprint density at radius 2 is 2.08 bits per heavy atom. The number of thioether (sulfide) groups is 1. The van der Waals surface area contributed by atoms with Gasteiger partial charge in [-0.25, -0.2) is 0 Å². The maximum atomic E-state index is 12.8. The fourth-order valence-corrected chi connectivity index (χ4v) is 4.94. The summed E-state index contributed by atoms with van der Waals surface area (Å²) < 4.78 is 6.48. The van der Waals surface area contributed by atoms with Crippen molar-refractivity contribution in [1.82, 2.24) is 4.90 Å². The Bertz CT molecular complexity index is 714. The van der Waals surface area contributed by atoms with Crippen LogP contribution < -0.4 is 4.74 Å². The second-order valence-electron chi connectivity index (χ2n) is 5.89. The Labute approximate surface area is 159 Å². The first-order valence-electron chi connectivity index (χ1n) is 7.85. The van der Waals surface area contributed by atoms with Gasteiger partial charge in [0.2, 0.25) is 0 Å². The van der Waals surface area contributed by atoms with Crippen LogP contribution in [0.5, 0.6) is 11.5 Å². The normalized spacial score (nSPS) is 20.9. The average molecular weight is 428 g/mol. The van der Waals surface area contributed by atoms with Crippen molar-refractivity contribution in [2.24, 2.45) is 0 Å². The predicted octanol–water partition coefficient (Wildman–Crippen LogP) is 4.70. The molecule has 1 N–H and O–H groups in total. The molecule has 7 heteroatoms. The average Bonchev–Trinajstić information content (AvgIpc) is 2.84. The molecule has 1 saturated heterocycles. The Morgan fingerprint density at radius 1 is 1.38 bits per heavy atom. The van der Waals surface area contributed by atoms with Crippen molar-refractivity contribution in [3.8, 4) is 11.5 Å². The molecule has 0 radical (unpaired) electrons. The lowest BCUT2D eigenvalue weighted by atomic mass is 9.94. The van der Waals surface area contributed by atoms with Crippen LogP contribution in [-0.2, 0) is 4.79 Å². The number of carbonyl (C=O) groups excluding carboxylic acids is 1. The molecule has 4 nitrogen and oxygen atoms in total. The van der Waals surface area contributed by atoms with Gasteiger partial charge in [-0.15, -0.1) is 0 Å². The number of benzene rings is 1. The number of thiocarbonyl (C=S) groups is 1. The number of carbonyl (C=O) groups is 1. The van der Waals surface area contributed by atoms with Crippen LogP contribution in [0.2, 0.25) is 0 Å². The van der Waals surface area contributed by atoms with E-state index in [0.717, 1.165) is 31.2 Å². The lowest BCUT2D eigenvalue weighted by Crippen LogP contribution is -2.39. The van der Waals surface area contributed by atoms with Crippen molar-refractivity contribution in [3.63, 3.8) is 0 Å². The summed E-state index contributed by atoms with van der Waals surface area (Å²) in [5.74, 6) is 0.402. The number of phenols is 1. The third-order valence-electron chi connectivity index (χ3n) is 4.35. The Kier molecular flexibility index (Phi) is 5.52. The maximum Gasteiger partial charge on any atom is 0.266 e. The molecule has 1 aromatic rings. The number of hydrogen-bond donors (Lipinski definition) is 1. The highest BCUT2D eigenvalue weighted by Gasteiger charge is 2.37. The van der Waals surface area contributed by atoms with Crippen LogP contribution in [0.3, 0.4) is 0 Å². The molecule has 0 atom stereocenters. The molecule has 1 amide bonds. The van der Waals surface area contributed by atoms with Crippen LogP contribution in [0, 0.1) is 0 Å². The van der Waals surface area contributed by atoms with Gasteiger partial charge >= 0.3 is 0 Å². The first-order chi connectivity index (χ1) is 11.5. The summed E-state index contributed by atoms with van der Waals surface area (Å²) in [4.78, 5) is 15.2. The number of rotatable bonds is 3. The number of ether oxygens (including phenoxy) is 1. The van der Waals surface area contributed by atoms with Crippen molar-refractivity contribution in [3.05, 3.63) is 27.1 Å². The topological polar surface area (TPSA) is 49.8 Å². The number of amides is 1. The molecular weight excluding hydrogens is 410 g/mol. The summed E-state index contributed by atoms with van der Waals surface area (Å²) in [5.41, 5.74) is 0.772. The minimum atomic E-state index is -0.0177. The monoisotopic (exact) mass is 427 g/mol. The van der Waals surface area contributed by atoms with Crippen LogP contribution in [0.15, 0.2) is 21.5 Å². The Hall–Kier alpha value is -1.05. The van der Waals surface area contributed by atoms with Gasteiger partial charge in [0.25, 0.3) is 5.91 Å². The van der Waals surface area contributed by atoms with E-state index in [1.807, 2.05) is 0 Å². The molecule has 1 saturated carbocycles. The van der Waals surface area contributed by atoms with Crippen LogP contribution >= 0.6 is 39.9 Å². The number of halogens is 1. The molecule has 1 aliphatic carbocycles. The van der Waals surface area contributed by atoms with Crippen molar-refractivity contribution in [2.45, 2.75) is 38.1 Å². The van der Waals surface area contributed by atoms with Gasteiger partial charge in [0, 0.05) is 10.5 Å². The lowest BCUT2D eigenvalue weighted by molar-refractivity contribution is -0.124. The standard InChI is InChI=1S/C17H18BrNO3S2/c1-22-14-7-10(12(18)9-13(14)20)8-15-16(21)19(17(23)24-15)11-5-3-2-4-6-11/h7-9,11,20H,2-6H2,1H3/b15-8-. The summed E-state index contributed by atoms with van der Waals surface area (Å²) >= 11 is 10.2. The fraction of sp³-hybridized carbons (Fsp3) is 0.412. The maximum absolute atomic E-state index is 12.8. The zero-order chi connectivity index (χ0) is 17.3. The predicted molar refractivity (Wildman–Crippen MR) is 104 cm³/mol. The molecule has 0 aromatic heterocycles. The third-order valence-corrected chi connectivity index (χ3v) is 6.37. The number of aromatic hydroxyl groups is 1. The summed E-state index contributed by atoms with van der Waals surface area (Å²) in [6.07, 6.45) is 7.39. The first-order valence-corrected chi connectivity index (χ1v) is 9.86. The van der Waals surface area contributed by atoms with E-state index in [-0.39, 0.29) is 17.7 Å². The van der Waals surface area contributed by atoms with E-state index >= 15 is 0 Å². The molecule has 1 aliphatic heterocycles. The SMILES string of the molecule is COc1cc(/C=C2\SC(=S)N(C3CCCCC3)C2=O)c(Br)cc1O. The van der Waals surface area contributed by atoms with Gasteiger partial charge < -0.3 is 9.84 Å². The Balaban J connectivity index is 1.89. The van der Waals surface area contributed by atoms with Crippen molar-refractivity contribution in [2.75, 3.05) is 7.11 Å². The lowest BCUT2D eigenvalue weighted by Gasteiger charge is -2.29. The highest BCUT2D eigenvalue weighted by Crippen LogP contribution is 2.39. The molecule has 24 heavy (non-hydrogen) atoms. The van der Waals surface area contributed by atoms with E-state index in [1.54, 1.807) is 23.1 Å². The third kappa shape index (κ3) is 3.48. The number of hydrogen-bond acceptors (Lipinski definition) is 5. The largest absolute Gasteiger partial charge is 0.504 e. The molecule has 0 unspecified atom stereocenters. The van der Waals surface area contributed by atoms with Crippen LogP contribution in [0.25, 0.3) is 6.08 Å². The quantitative estimate of drug-likeness (QED) is 0.559. The van der Waals surface area contributed by atoms with E-state index in [0.29, 0.717) is 19.4 Å². The van der Waals surface area contributed by atoms with Gasteiger partial charge in [-0.2, -0.15) is 0 Å².